The molecule has 0 aliphatic heterocycles. The Hall–Kier alpha value is -2.31. The monoisotopic (exact) mass is 384 g/mol. The van der Waals surface area contributed by atoms with E-state index >= 15 is 0 Å². The van der Waals surface area contributed by atoms with E-state index in [0.29, 0.717) is 5.56 Å². The van der Waals surface area contributed by atoms with Gasteiger partial charge in [-0.1, -0.05) is 26.0 Å². The summed E-state index contributed by atoms with van der Waals surface area (Å²) < 4.78 is 16.5. The molecule has 142 valence electrons. The molecule has 0 N–H and O–H groups in total. The summed E-state index contributed by atoms with van der Waals surface area (Å²) in [6, 6.07) is 10.7. The molecule has 0 unspecified atom stereocenters. The molecule has 0 aliphatic rings. The second kappa shape index (κ2) is 9.58. The van der Waals surface area contributed by atoms with Gasteiger partial charge in [-0.15, -0.1) is 11.3 Å². The number of aromatic nitrogens is 2. The fourth-order valence-corrected chi connectivity index (χ4v) is 3.99. The summed E-state index contributed by atoms with van der Waals surface area (Å²) in [5, 5.41) is 1.99. The van der Waals surface area contributed by atoms with E-state index in [0.717, 1.165) is 48.8 Å². The number of hydrogen-bond donors (Lipinski definition) is 0. The number of rotatable bonds is 8. The van der Waals surface area contributed by atoms with Crippen LogP contribution in [-0.2, 0) is 6.54 Å². The third-order valence-corrected chi connectivity index (χ3v) is 5.43. The molecule has 0 bridgehead atoms. The van der Waals surface area contributed by atoms with Crippen molar-refractivity contribution in [3.05, 3.63) is 64.8 Å². The third-order valence-electron chi connectivity index (χ3n) is 4.57. The van der Waals surface area contributed by atoms with E-state index in [1.165, 1.54) is 17.4 Å². The lowest BCUT2D eigenvalue weighted by molar-refractivity contribution is 0.293. The zero-order chi connectivity index (χ0) is 19.1. The molecule has 0 atom stereocenters. The van der Waals surface area contributed by atoms with E-state index in [9.17, 15) is 4.39 Å². The van der Waals surface area contributed by atoms with Crippen LogP contribution in [0, 0.1) is 5.82 Å². The van der Waals surface area contributed by atoms with Gasteiger partial charge < -0.3 is 9.47 Å². The van der Waals surface area contributed by atoms with E-state index in [2.05, 4.69) is 28.3 Å². The summed E-state index contributed by atoms with van der Waals surface area (Å²) in [6.45, 7) is 8.24. The average Bonchev–Trinajstić information content (AvgIpc) is 3.08. The Kier molecular flexibility index (Phi) is 6.90. The van der Waals surface area contributed by atoms with Crippen molar-refractivity contribution >= 4 is 17.0 Å². The highest BCUT2D eigenvalue weighted by Gasteiger charge is 2.12. The highest BCUT2D eigenvalue weighted by Crippen LogP contribution is 2.24. The molecular weight excluding hydrogens is 359 g/mol. The lowest BCUT2D eigenvalue weighted by Gasteiger charge is -2.18. The maximum Gasteiger partial charge on any atom is 0.190 e. The van der Waals surface area contributed by atoms with Gasteiger partial charge in [0.25, 0.3) is 0 Å². The quantitative estimate of drug-likeness (QED) is 0.563. The van der Waals surface area contributed by atoms with Crippen molar-refractivity contribution in [3.63, 3.8) is 0 Å². The van der Waals surface area contributed by atoms with E-state index in [1.807, 2.05) is 29.6 Å². The molecule has 2 aromatic heterocycles. The van der Waals surface area contributed by atoms with Crippen LogP contribution in [0.1, 0.15) is 20.3 Å². The van der Waals surface area contributed by atoms with Gasteiger partial charge in [-0.3, -0.25) is 4.98 Å². The van der Waals surface area contributed by atoms with Gasteiger partial charge in [-0.05, 0) is 50.3 Å². The van der Waals surface area contributed by atoms with Crippen LogP contribution in [0.2, 0.25) is 0 Å². The Balaban J connectivity index is 1.97. The topological polar surface area (TPSA) is 33.4 Å². The second-order valence-corrected chi connectivity index (χ2v) is 7.08. The average molecular weight is 385 g/mol. The molecule has 3 aromatic rings. The minimum Gasteiger partial charge on any atom is -0.316 e. The van der Waals surface area contributed by atoms with E-state index < -0.39 is 0 Å². The van der Waals surface area contributed by atoms with Crippen molar-refractivity contribution in [1.82, 2.24) is 14.5 Å². The first-order valence-electron chi connectivity index (χ1n) is 9.33. The number of thiazole rings is 1. The normalized spacial score (nSPS) is 12.1. The highest BCUT2D eigenvalue weighted by molar-refractivity contribution is 7.07. The van der Waals surface area contributed by atoms with Gasteiger partial charge in [0.1, 0.15) is 5.82 Å². The van der Waals surface area contributed by atoms with Crippen LogP contribution in [0.4, 0.5) is 10.1 Å². The van der Waals surface area contributed by atoms with Crippen molar-refractivity contribution in [3.8, 4) is 11.3 Å². The van der Waals surface area contributed by atoms with Crippen molar-refractivity contribution in [2.75, 3.05) is 19.6 Å². The molecule has 0 saturated carbocycles. The predicted molar refractivity (Wildman–Crippen MR) is 110 cm³/mol. The summed E-state index contributed by atoms with van der Waals surface area (Å²) in [5.74, 6) is -0.208. The maximum absolute atomic E-state index is 14.4. The number of hydrogen-bond acceptors (Lipinski definition) is 4. The van der Waals surface area contributed by atoms with Gasteiger partial charge in [0, 0.05) is 23.7 Å². The van der Waals surface area contributed by atoms with Gasteiger partial charge in [0.15, 0.2) is 4.80 Å². The largest absolute Gasteiger partial charge is 0.316 e. The molecule has 1 aromatic carbocycles. The Labute approximate surface area is 163 Å². The van der Waals surface area contributed by atoms with Gasteiger partial charge in [-0.2, -0.15) is 0 Å². The van der Waals surface area contributed by atoms with Crippen LogP contribution in [0.25, 0.3) is 11.3 Å². The number of benzene rings is 1. The highest BCUT2D eigenvalue weighted by atomic mass is 32.1. The summed E-state index contributed by atoms with van der Waals surface area (Å²) in [6.07, 6.45) is 4.46. The predicted octanol–water partition coefficient (Wildman–Crippen LogP) is 4.72. The van der Waals surface area contributed by atoms with Crippen molar-refractivity contribution in [1.29, 1.82) is 0 Å². The molecule has 0 saturated heterocycles. The minimum absolute atomic E-state index is 0.208. The molecule has 0 aliphatic carbocycles. The van der Waals surface area contributed by atoms with Crippen molar-refractivity contribution in [2.24, 2.45) is 4.99 Å². The van der Waals surface area contributed by atoms with Crippen LogP contribution in [0.3, 0.4) is 0 Å². The molecule has 3 rings (SSSR count). The van der Waals surface area contributed by atoms with Gasteiger partial charge in [0.2, 0.25) is 0 Å². The zero-order valence-corrected chi connectivity index (χ0v) is 16.6. The molecule has 6 heteroatoms. The Morgan fingerprint density at radius 2 is 1.96 bits per heavy atom. The van der Waals surface area contributed by atoms with Gasteiger partial charge in [0.05, 0.1) is 17.6 Å². The maximum atomic E-state index is 14.4. The smallest absolute Gasteiger partial charge is 0.190 e. The number of nitrogens with zero attached hydrogens (tertiary/aromatic N) is 4. The van der Waals surface area contributed by atoms with E-state index in [-0.39, 0.29) is 5.82 Å². The summed E-state index contributed by atoms with van der Waals surface area (Å²) in [4.78, 5) is 12.1. The Bertz CT molecular complexity index is 913. The van der Waals surface area contributed by atoms with Gasteiger partial charge >= 0.3 is 0 Å². The molecule has 4 nitrogen and oxygen atoms in total. The summed E-state index contributed by atoms with van der Waals surface area (Å²) in [7, 11) is 0. The molecule has 2 heterocycles. The Morgan fingerprint density at radius 1 is 1.15 bits per heavy atom. The summed E-state index contributed by atoms with van der Waals surface area (Å²) >= 11 is 1.53. The van der Waals surface area contributed by atoms with Crippen LogP contribution >= 0.6 is 11.3 Å². The standard InChI is InChI=1S/C21H25FN4S/c1-3-25(4-2)13-8-14-26-20(18-10-5-6-11-19(18)22)16-27-21(26)24-17-9-7-12-23-15-17/h5-7,9-12,15-16H,3-4,8,13-14H2,1-2H3. The molecule has 0 fully saturated rings. The minimum atomic E-state index is -0.208. The first-order chi connectivity index (χ1) is 13.2. The fourth-order valence-electron chi connectivity index (χ4n) is 3.04. The third kappa shape index (κ3) is 4.90. The molecule has 0 amide bonds. The first kappa shape index (κ1) is 19.5. The molecule has 0 spiro atoms. The van der Waals surface area contributed by atoms with Crippen molar-refractivity contribution < 1.29 is 4.39 Å². The fraction of sp³-hybridized carbons (Fsp3) is 0.333. The van der Waals surface area contributed by atoms with E-state index in [4.69, 9.17) is 4.99 Å². The van der Waals surface area contributed by atoms with Crippen molar-refractivity contribution in [2.45, 2.75) is 26.8 Å². The van der Waals surface area contributed by atoms with Gasteiger partial charge in [-0.25, -0.2) is 9.38 Å². The lowest BCUT2D eigenvalue weighted by Crippen LogP contribution is -2.26. The van der Waals surface area contributed by atoms with Crippen LogP contribution in [0.5, 0.6) is 0 Å². The van der Waals surface area contributed by atoms with E-state index in [1.54, 1.807) is 18.5 Å². The summed E-state index contributed by atoms with van der Waals surface area (Å²) in [5.41, 5.74) is 2.29. The zero-order valence-electron chi connectivity index (χ0n) is 15.8. The van der Waals surface area contributed by atoms with Crippen LogP contribution in [-0.4, -0.2) is 34.1 Å². The van der Waals surface area contributed by atoms with Crippen LogP contribution in [0.15, 0.2) is 59.2 Å². The lowest BCUT2D eigenvalue weighted by atomic mass is 10.1. The number of pyridine rings is 1. The first-order valence-corrected chi connectivity index (χ1v) is 10.2. The Morgan fingerprint density at radius 3 is 2.67 bits per heavy atom. The van der Waals surface area contributed by atoms with Crippen LogP contribution < -0.4 is 4.80 Å². The number of halogens is 1. The second-order valence-electron chi connectivity index (χ2n) is 6.24. The molecular formula is C21H25FN4S. The molecule has 0 radical (unpaired) electrons. The SMILES string of the molecule is CCN(CC)CCCn1c(-c2ccccc2F)csc1=Nc1cccnc1. The molecule has 27 heavy (non-hydrogen) atoms.